The second-order valence-electron chi connectivity index (χ2n) is 5.65. The lowest BCUT2D eigenvalue weighted by Gasteiger charge is -2.42. The summed E-state index contributed by atoms with van der Waals surface area (Å²) < 4.78 is 62.7. The minimum Gasteiger partial charge on any atom is -0.329 e. The fraction of sp³-hybridized carbons (Fsp3) is 1.00. The van der Waals surface area contributed by atoms with E-state index in [2.05, 4.69) is 4.72 Å². The van der Waals surface area contributed by atoms with E-state index >= 15 is 0 Å². The Bertz CT molecular complexity index is 411. The predicted octanol–water partition coefficient (Wildman–Crippen LogP) is 2.16. The standard InChI is InChI=1S/C12H23F3N2O2S/c1-10-5-2-3-6-11(10,9-16)17-20(18,19)8-4-7-12(13,14)15/h10,17H,2-9,16H2,1H3. The first-order chi connectivity index (χ1) is 9.10. The first-order valence-corrected chi connectivity index (χ1v) is 8.54. The Kier molecular flexibility index (Phi) is 5.86. The number of hydrogen-bond acceptors (Lipinski definition) is 3. The lowest BCUT2D eigenvalue weighted by Crippen LogP contribution is -2.59. The van der Waals surface area contributed by atoms with Crippen LogP contribution in [0.15, 0.2) is 0 Å². The maximum absolute atomic E-state index is 12.1. The van der Waals surface area contributed by atoms with Gasteiger partial charge < -0.3 is 5.73 Å². The number of rotatable bonds is 6. The molecule has 3 N–H and O–H groups in total. The molecule has 0 aliphatic heterocycles. The second kappa shape index (κ2) is 6.62. The van der Waals surface area contributed by atoms with Gasteiger partial charge in [0.15, 0.2) is 0 Å². The first-order valence-electron chi connectivity index (χ1n) is 6.89. The quantitative estimate of drug-likeness (QED) is 0.789. The molecule has 1 saturated carbocycles. The van der Waals surface area contributed by atoms with Crippen LogP contribution < -0.4 is 10.5 Å². The van der Waals surface area contributed by atoms with Crippen molar-refractivity contribution in [1.82, 2.24) is 4.72 Å². The molecule has 0 spiro atoms. The van der Waals surface area contributed by atoms with Crippen LogP contribution in [-0.2, 0) is 10.0 Å². The summed E-state index contributed by atoms with van der Waals surface area (Å²) in [4.78, 5) is 0. The topological polar surface area (TPSA) is 72.2 Å². The molecule has 120 valence electrons. The molecule has 20 heavy (non-hydrogen) atoms. The van der Waals surface area contributed by atoms with Crippen molar-refractivity contribution < 1.29 is 21.6 Å². The zero-order valence-corrected chi connectivity index (χ0v) is 12.5. The fourth-order valence-electron chi connectivity index (χ4n) is 2.73. The molecule has 0 saturated heterocycles. The zero-order chi connectivity index (χ0) is 15.4. The molecule has 0 amide bonds. The van der Waals surface area contributed by atoms with E-state index in [0.29, 0.717) is 6.42 Å². The van der Waals surface area contributed by atoms with Crippen molar-refractivity contribution in [3.05, 3.63) is 0 Å². The molecule has 1 fully saturated rings. The molecule has 8 heteroatoms. The average molecular weight is 316 g/mol. The van der Waals surface area contributed by atoms with Gasteiger partial charge in [0.1, 0.15) is 0 Å². The average Bonchev–Trinajstić information content (AvgIpc) is 2.30. The summed E-state index contributed by atoms with van der Waals surface area (Å²) in [6.07, 6.45) is -2.40. The van der Waals surface area contributed by atoms with E-state index in [1.165, 1.54) is 0 Å². The van der Waals surface area contributed by atoms with Gasteiger partial charge in [-0.05, 0) is 25.2 Å². The second-order valence-corrected chi connectivity index (χ2v) is 7.49. The highest BCUT2D eigenvalue weighted by Crippen LogP contribution is 2.33. The van der Waals surface area contributed by atoms with Gasteiger partial charge in [-0.25, -0.2) is 13.1 Å². The lowest BCUT2D eigenvalue weighted by atomic mass is 9.74. The molecule has 4 nitrogen and oxygen atoms in total. The van der Waals surface area contributed by atoms with Crippen molar-refractivity contribution in [3.8, 4) is 0 Å². The SMILES string of the molecule is CC1CCCCC1(CN)NS(=O)(=O)CCCC(F)(F)F. The maximum Gasteiger partial charge on any atom is 0.389 e. The minimum absolute atomic E-state index is 0.0960. The molecule has 0 aromatic heterocycles. The smallest absolute Gasteiger partial charge is 0.329 e. The van der Waals surface area contributed by atoms with Gasteiger partial charge in [0, 0.05) is 18.5 Å². The first kappa shape index (κ1) is 17.7. The normalized spacial score (nSPS) is 28.6. The third-order valence-electron chi connectivity index (χ3n) is 4.05. The van der Waals surface area contributed by atoms with Gasteiger partial charge in [-0.2, -0.15) is 13.2 Å². The Balaban J connectivity index is 2.63. The Hall–Kier alpha value is -0.340. The van der Waals surface area contributed by atoms with Gasteiger partial charge in [-0.1, -0.05) is 19.8 Å². The highest BCUT2D eigenvalue weighted by molar-refractivity contribution is 7.89. The lowest BCUT2D eigenvalue weighted by molar-refractivity contribution is -0.134. The van der Waals surface area contributed by atoms with Gasteiger partial charge in [-0.15, -0.1) is 0 Å². The Labute approximate surface area is 118 Å². The third kappa shape index (κ3) is 5.21. The van der Waals surface area contributed by atoms with Crippen molar-refractivity contribution in [2.45, 2.75) is 57.2 Å². The number of hydrogen-bond donors (Lipinski definition) is 2. The molecule has 1 aliphatic rings. The summed E-state index contributed by atoms with van der Waals surface area (Å²) in [7, 11) is -3.74. The summed E-state index contributed by atoms with van der Waals surface area (Å²) in [5.41, 5.74) is 5.03. The summed E-state index contributed by atoms with van der Waals surface area (Å²) in [5, 5.41) is 0. The van der Waals surface area contributed by atoms with Crippen LogP contribution in [0.25, 0.3) is 0 Å². The van der Waals surface area contributed by atoms with Crippen LogP contribution >= 0.6 is 0 Å². The Morgan fingerprint density at radius 1 is 1.35 bits per heavy atom. The molecule has 0 aromatic rings. The van der Waals surface area contributed by atoms with Crippen molar-refractivity contribution >= 4 is 10.0 Å². The van der Waals surface area contributed by atoms with Crippen LogP contribution in [0.2, 0.25) is 0 Å². The summed E-state index contributed by atoms with van der Waals surface area (Å²) in [6.45, 7) is 2.11. The number of alkyl halides is 3. The van der Waals surface area contributed by atoms with Crippen LogP contribution in [0, 0.1) is 5.92 Å². The van der Waals surface area contributed by atoms with Crippen LogP contribution in [0.3, 0.4) is 0 Å². The molecule has 2 atom stereocenters. The molecular formula is C12H23F3N2O2S. The number of nitrogens with one attached hydrogen (secondary N) is 1. The molecule has 0 heterocycles. The Morgan fingerprint density at radius 2 is 2.00 bits per heavy atom. The van der Waals surface area contributed by atoms with E-state index in [9.17, 15) is 21.6 Å². The van der Waals surface area contributed by atoms with Gasteiger partial charge in [0.2, 0.25) is 10.0 Å². The van der Waals surface area contributed by atoms with Gasteiger partial charge in [-0.3, -0.25) is 0 Å². The van der Waals surface area contributed by atoms with Crippen molar-refractivity contribution in [3.63, 3.8) is 0 Å². The largest absolute Gasteiger partial charge is 0.389 e. The van der Waals surface area contributed by atoms with Gasteiger partial charge >= 0.3 is 6.18 Å². The molecule has 2 unspecified atom stereocenters. The van der Waals surface area contributed by atoms with E-state index in [0.717, 1.165) is 19.3 Å². The van der Waals surface area contributed by atoms with Crippen LogP contribution in [0.4, 0.5) is 13.2 Å². The summed E-state index contributed by atoms with van der Waals surface area (Å²) in [5.74, 6) is -0.417. The molecule has 0 aromatic carbocycles. The molecule has 1 rings (SSSR count). The number of halogens is 3. The fourth-order valence-corrected chi connectivity index (χ4v) is 4.37. The highest BCUT2D eigenvalue weighted by Gasteiger charge is 2.40. The van der Waals surface area contributed by atoms with Crippen molar-refractivity contribution in [1.29, 1.82) is 0 Å². The third-order valence-corrected chi connectivity index (χ3v) is 5.59. The van der Waals surface area contributed by atoms with E-state index in [-0.39, 0.29) is 12.5 Å². The van der Waals surface area contributed by atoms with Crippen LogP contribution in [0.5, 0.6) is 0 Å². The molecule has 1 aliphatic carbocycles. The highest BCUT2D eigenvalue weighted by atomic mass is 32.2. The van der Waals surface area contributed by atoms with E-state index in [1.54, 1.807) is 0 Å². The number of nitrogens with two attached hydrogens (primary N) is 1. The molecule has 0 bridgehead atoms. The predicted molar refractivity (Wildman–Crippen MR) is 71.6 cm³/mol. The minimum atomic E-state index is -4.32. The monoisotopic (exact) mass is 316 g/mol. The van der Waals surface area contributed by atoms with E-state index < -0.39 is 40.3 Å². The van der Waals surface area contributed by atoms with Crippen molar-refractivity contribution in [2.24, 2.45) is 11.7 Å². The van der Waals surface area contributed by atoms with Crippen LogP contribution in [-0.4, -0.2) is 32.4 Å². The van der Waals surface area contributed by atoms with Gasteiger partial charge in [0.25, 0.3) is 0 Å². The molecular weight excluding hydrogens is 293 g/mol. The molecule has 0 radical (unpaired) electrons. The van der Waals surface area contributed by atoms with Gasteiger partial charge in [0.05, 0.1) is 5.75 Å². The summed E-state index contributed by atoms with van der Waals surface area (Å²) >= 11 is 0. The summed E-state index contributed by atoms with van der Waals surface area (Å²) in [6, 6.07) is 0. The van der Waals surface area contributed by atoms with E-state index in [4.69, 9.17) is 5.73 Å². The van der Waals surface area contributed by atoms with Crippen molar-refractivity contribution in [2.75, 3.05) is 12.3 Å². The van der Waals surface area contributed by atoms with Crippen LogP contribution in [0.1, 0.15) is 45.4 Å². The Morgan fingerprint density at radius 3 is 2.50 bits per heavy atom. The number of sulfonamides is 1. The zero-order valence-electron chi connectivity index (χ0n) is 11.7. The van der Waals surface area contributed by atoms with E-state index in [1.807, 2.05) is 6.92 Å². The maximum atomic E-state index is 12.1.